The molecule has 25 heavy (non-hydrogen) atoms. The highest BCUT2D eigenvalue weighted by molar-refractivity contribution is 5.87. The van der Waals surface area contributed by atoms with Crippen LogP contribution in [0.4, 0.5) is 5.69 Å². The number of piperidine rings is 1. The molecule has 0 N–H and O–H groups in total. The number of amides is 1. The number of benzene rings is 1. The monoisotopic (exact) mass is 342 g/mol. The normalized spacial score (nSPS) is 17.8. The Balaban J connectivity index is 1.66. The Bertz CT molecular complexity index is 676. The van der Waals surface area contributed by atoms with Crippen LogP contribution in [-0.2, 0) is 20.7 Å². The highest BCUT2D eigenvalue weighted by Gasteiger charge is 2.29. The largest absolute Gasteiger partial charge is 0.463 e. The van der Waals surface area contributed by atoms with E-state index in [2.05, 4.69) is 23.1 Å². The molecule has 1 aromatic rings. The number of ether oxygens (including phenoxy) is 1. The third-order valence-electron chi connectivity index (χ3n) is 5.08. The average molecular weight is 342 g/mol. The van der Waals surface area contributed by atoms with Gasteiger partial charge in [0.1, 0.15) is 0 Å². The number of anilines is 1. The Morgan fingerprint density at radius 2 is 2.00 bits per heavy atom. The maximum Gasteiger partial charge on any atom is 0.330 e. The summed E-state index contributed by atoms with van der Waals surface area (Å²) in [4.78, 5) is 27.4. The molecule has 2 heterocycles. The van der Waals surface area contributed by atoms with Crippen LogP contribution in [0.2, 0.25) is 0 Å². The lowest BCUT2D eigenvalue weighted by atomic mass is 10.0. The summed E-state index contributed by atoms with van der Waals surface area (Å²) in [6.45, 7) is 6.59. The van der Waals surface area contributed by atoms with E-state index < -0.39 is 0 Å². The van der Waals surface area contributed by atoms with Crippen molar-refractivity contribution < 1.29 is 14.3 Å². The van der Waals surface area contributed by atoms with Crippen LogP contribution in [0.15, 0.2) is 24.3 Å². The van der Waals surface area contributed by atoms with Crippen LogP contribution in [-0.4, -0.2) is 49.1 Å². The Labute approximate surface area is 149 Å². The highest BCUT2D eigenvalue weighted by atomic mass is 16.5. The summed E-state index contributed by atoms with van der Waals surface area (Å²) in [7, 11) is 0. The van der Waals surface area contributed by atoms with Gasteiger partial charge in [-0.05, 0) is 55.5 Å². The molecule has 0 bridgehead atoms. The minimum atomic E-state index is -0.304. The third-order valence-corrected chi connectivity index (χ3v) is 5.08. The smallest absolute Gasteiger partial charge is 0.330 e. The number of carbonyl (C=O) groups excluding carboxylic acids is 2. The van der Waals surface area contributed by atoms with Crippen LogP contribution in [0, 0.1) is 0 Å². The van der Waals surface area contributed by atoms with Gasteiger partial charge in [0.05, 0.1) is 6.61 Å². The lowest BCUT2D eigenvalue weighted by Crippen LogP contribution is -2.45. The first-order chi connectivity index (χ1) is 12.1. The summed E-state index contributed by atoms with van der Waals surface area (Å²) in [6, 6.07) is 6.88. The van der Waals surface area contributed by atoms with Gasteiger partial charge in [-0.15, -0.1) is 0 Å². The summed E-state index contributed by atoms with van der Waals surface area (Å²) in [5, 5.41) is 0. The summed E-state index contributed by atoms with van der Waals surface area (Å²) in [5.41, 5.74) is 3.66. The number of nitrogens with zero attached hydrogens (tertiary/aromatic N) is 2. The fourth-order valence-corrected chi connectivity index (χ4v) is 3.78. The number of likely N-dealkylation sites (tertiary alicyclic amines) is 1. The molecule has 5 heteroatoms. The minimum Gasteiger partial charge on any atom is -0.463 e. The van der Waals surface area contributed by atoms with E-state index in [9.17, 15) is 9.59 Å². The van der Waals surface area contributed by atoms with Gasteiger partial charge in [0.2, 0.25) is 5.91 Å². The van der Waals surface area contributed by atoms with Crippen molar-refractivity contribution in [3.63, 3.8) is 0 Å². The topological polar surface area (TPSA) is 49.9 Å². The van der Waals surface area contributed by atoms with Gasteiger partial charge >= 0.3 is 5.97 Å². The molecule has 1 amide bonds. The summed E-state index contributed by atoms with van der Waals surface area (Å²) >= 11 is 0. The summed E-state index contributed by atoms with van der Waals surface area (Å²) in [6.07, 6.45) is 6.39. The van der Waals surface area contributed by atoms with Crippen molar-refractivity contribution in [2.75, 3.05) is 31.1 Å². The van der Waals surface area contributed by atoms with E-state index in [1.54, 1.807) is 13.8 Å². The quantitative estimate of drug-likeness (QED) is 0.623. The maximum absolute atomic E-state index is 11.5. The molecule has 1 aromatic carbocycles. The molecule has 0 radical (unpaired) electrons. The molecule has 0 unspecified atom stereocenters. The van der Waals surface area contributed by atoms with Gasteiger partial charge in [-0.3, -0.25) is 4.79 Å². The minimum absolute atomic E-state index is 0.179. The average Bonchev–Trinajstić information content (AvgIpc) is 3.03. The Hall–Kier alpha value is -2.30. The Kier molecular flexibility index (Phi) is 5.41. The fraction of sp³-hybridized carbons (Fsp3) is 0.500. The zero-order chi connectivity index (χ0) is 17.8. The van der Waals surface area contributed by atoms with Gasteiger partial charge in [-0.1, -0.05) is 6.07 Å². The molecule has 0 saturated carbocycles. The standard InChI is InChI=1S/C20H26N2O3/c1-3-25-20(24)7-5-16-4-6-19-17(14-16)8-13-22(19)18-9-11-21(12-10-18)15(2)23/h4-7,14,18H,3,8-13H2,1-2H3. The van der Waals surface area contributed by atoms with Crippen LogP contribution in [0.1, 0.15) is 37.8 Å². The summed E-state index contributed by atoms with van der Waals surface area (Å²) in [5.74, 6) is -0.125. The molecule has 5 nitrogen and oxygen atoms in total. The molecule has 1 fully saturated rings. The van der Waals surface area contributed by atoms with Gasteiger partial charge in [0, 0.05) is 44.4 Å². The Morgan fingerprint density at radius 3 is 2.68 bits per heavy atom. The van der Waals surface area contributed by atoms with E-state index in [1.807, 2.05) is 11.0 Å². The van der Waals surface area contributed by atoms with E-state index in [4.69, 9.17) is 4.74 Å². The van der Waals surface area contributed by atoms with Crippen LogP contribution < -0.4 is 4.90 Å². The fourth-order valence-electron chi connectivity index (χ4n) is 3.78. The van der Waals surface area contributed by atoms with Crippen LogP contribution in [0.5, 0.6) is 0 Å². The van der Waals surface area contributed by atoms with Crippen molar-refractivity contribution >= 4 is 23.6 Å². The zero-order valence-corrected chi connectivity index (χ0v) is 15.0. The predicted molar refractivity (Wildman–Crippen MR) is 98.4 cm³/mol. The number of esters is 1. The predicted octanol–water partition coefficient (Wildman–Crippen LogP) is 2.64. The second-order valence-electron chi connectivity index (χ2n) is 6.65. The zero-order valence-electron chi connectivity index (χ0n) is 15.0. The van der Waals surface area contributed by atoms with Gasteiger partial charge in [-0.2, -0.15) is 0 Å². The first-order valence-corrected chi connectivity index (χ1v) is 9.08. The molecular formula is C20H26N2O3. The van der Waals surface area contributed by atoms with Crippen molar-refractivity contribution in [3.8, 4) is 0 Å². The second kappa shape index (κ2) is 7.72. The second-order valence-corrected chi connectivity index (χ2v) is 6.65. The number of carbonyl (C=O) groups is 2. The van der Waals surface area contributed by atoms with Gasteiger partial charge in [0.25, 0.3) is 0 Å². The number of fused-ring (bicyclic) bond motifs is 1. The van der Waals surface area contributed by atoms with E-state index in [-0.39, 0.29) is 11.9 Å². The van der Waals surface area contributed by atoms with E-state index >= 15 is 0 Å². The molecule has 134 valence electrons. The van der Waals surface area contributed by atoms with Gasteiger partial charge in [-0.25, -0.2) is 4.79 Å². The van der Waals surface area contributed by atoms with Crippen molar-refractivity contribution in [1.29, 1.82) is 0 Å². The first-order valence-electron chi connectivity index (χ1n) is 9.08. The van der Waals surface area contributed by atoms with E-state index in [0.29, 0.717) is 12.6 Å². The SMILES string of the molecule is CCOC(=O)C=Cc1ccc2c(c1)CCN2C1CCN(C(C)=O)CC1. The van der Waals surface area contributed by atoms with Crippen LogP contribution in [0.25, 0.3) is 6.08 Å². The van der Waals surface area contributed by atoms with Crippen molar-refractivity contribution in [1.82, 2.24) is 4.90 Å². The molecule has 0 atom stereocenters. The van der Waals surface area contributed by atoms with Gasteiger partial charge < -0.3 is 14.5 Å². The van der Waals surface area contributed by atoms with Gasteiger partial charge in [0.15, 0.2) is 0 Å². The maximum atomic E-state index is 11.5. The third kappa shape index (κ3) is 4.03. The van der Waals surface area contributed by atoms with Crippen LogP contribution in [0.3, 0.4) is 0 Å². The molecule has 0 aromatic heterocycles. The lowest BCUT2D eigenvalue weighted by molar-refractivity contribution is -0.137. The molecule has 0 spiro atoms. The van der Waals surface area contributed by atoms with Crippen molar-refractivity contribution in [3.05, 3.63) is 35.4 Å². The number of hydrogen-bond donors (Lipinski definition) is 0. The van der Waals surface area contributed by atoms with E-state index in [0.717, 1.165) is 44.5 Å². The number of rotatable bonds is 4. The highest BCUT2D eigenvalue weighted by Crippen LogP contribution is 2.33. The van der Waals surface area contributed by atoms with Crippen molar-refractivity contribution in [2.24, 2.45) is 0 Å². The molecular weight excluding hydrogens is 316 g/mol. The van der Waals surface area contributed by atoms with E-state index in [1.165, 1.54) is 17.3 Å². The molecule has 3 rings (SSSR count). The molecule has 2 aliphatic heterocycles. The molecule has 0 aliphatic carbocycles. The van der Waals surface area contributed by atoms with Crippen LogP contribution >= 0.6 is 0 Å². The molecule has 2 aliphatic rings. The lowest BCUT2D eigenvalue weighted by Gasteiger charge is -2.37. The number of hydrogen-bond acceptors (Lipinski definition) is 4. The summed E-state index contributed by atoms with van der Waals surface area (Å²) < 4.78 is 4.92. The molecule has 1 saturated heterocycles. The first kappa shape index (κ1) is 17.5. The Morgan fingerprint density at radius 1 is 1.24 bits per heavy atom. The van der Waals surface area contributed by atoms with Crippen molar-refractivity contribution in [2.45, 2.75) is 39.2 Å².